The van der Waals surface area contributed by atoms with E-state index in [0.717, 1.165) is 16.6 Å². The molecule has 0 amide bonds. The van der Waals surface area contributed by atoms with Gasteiger partial charge in [-0.3, -0.25) is 0 Å². The monoisotopic (exact) mass is 256 g/mol. The molecule has 0 atom stereocenters. The molecule has 1 nitrogen and oxygen atoms in total. The minimum Gasteiger partial charge on any atom is -0.493 e. The smallest absolute Gasteiger partial charge is 0.133 e. The van der Waals surface area contributed by atoms with Crippen LogP contribution in [0.3, 0.4) is 0 Å². The van der Waals surface area contributed by atoms with E-state index in [-0.39, 0.29) is 0 Å². The maximum absolute atomic E-state index is 5.45. The first-order chi connectivity index (χ1) is 6.63. The Morgan fingerprint density at radius 1 is 1.36 bits per heavy atom. The number of benzene rings is 1. The minimum absolute atomic E-state index is 0.694. The second-order valence-corrected chi connectivity index (χ2v) is 4.65. The average Bonchev–Trinajstić information content (AvgIpc) is 2.09. The van der Waals surface area contributed by atoms with E-state index in [0.29, 0.717) is 12.5 Å². The van der Waals surface area contributed by atoms with Gasteiger partial charge in [-0.05, 0) is 52.9 Å². The Kier molecular flexibility index (Phi) is 4.46. The number of ether oxygens (including phenoxy) is 1. The van der Waals surface area contributed by atoms with E-state index < -0.39 is 0 Å². The third-order valence-electron chi connectivity index (χ3n) is 1.94. The van der Waals surface area contributed by atoms with Crippen LogP contribution in [-0.4, -0.2) is 6.61 Å². The highest BCUT2D eigenvalue weighted by atomic mass is 79.9. The Morgan fingerprint density at radius 3 is 2.57 bits per heavy atom. The van der Waals surface area contributed by atoms with Crippen LogP contribution in [-0.2, 0) is 6.42 Å². The third-order valence-corrected chi connectivity index (χ3v) is 2.56. The molecule has 0 N–H and O–H groups in total. The van der Waals surface area contributed by atoms with Crippen LogP contribution in [0.2, 0.25) is 0 Å². The summed E-state index contributed by atoms with van der Waals surface area (Å²) in [6, 6.07) is 6.31. The molecule has 0 saturated heterocycles. The first-order valence-corrected chi connectivity index (χ1v) is 5.84. The molecule has 0 aromatic heterocycles. The molecule has 0 aliphatic heterocycles. The van der Waals surface area contributed by atoms with Gasteiger partial charge in [0.1, 0.15) is 5.75 Å². The van der Waals surface area contributed by atoms with Crippen molar-refractivity contribution in [2.45, 2.75) is 27.2 Å². The van der Waals surface area contributed by atoms with E-state index >= 15 is 0 Å². The maximum Gasteiger partial charge on any atom is 0.133 e. The molecular weight excluding hydrogens is 240 g/mol. The van der Waals surface area contributed by atoms with Crippen molar-refractivity contribution in [3.63, 3.8) is 0 Å². The van der Waals surface area contributed by atoms with Gasteiger partial charge in [-0.15, -0.1) is 0 Å². The van der Waals surface area contributed by atoms with E-state index in [1.165, 1.54) is 5.56 Å². The summed E-state index contributed by atoms with van der Waals surface area (Å²) in [6.45, 7) is 7.16. The summed E-state index contributed by atoms with van der Waals surface area (Å²) in [5, 5.41) is 0. The van der Waals surface area contributed by atoms with Crippen molar-refractivity contribution >= 4 is 15.9 Å². The van der Waals surface area contributed by atoms with Crippen molar-refractivity contribution in [3.8, 4) is 5.75 Å². The van der Waals surface area contributed by atoms with Gasteiger partial charge in [-0.2, -0.15) is 0 Å². The van der Waals surface area contributed by atoms with Crippen molar-refractivity contribution < 1.29 is 4.74 Å². The first kappa shape index (κ1) is 11.6. The number of rotatable bonds is 4. The second kappa shape index (κ2) is 5.40. The van der Waals surface area contributed by atoms with Gasteiger partial charge in [0, 0.05) is 0 Å². The SMILES string of the molecule is CCOc1ccc(CC(C)C)cc1Br. The van der Waals surface area contributed by atoms with Crippen LogP contribution in [0.1, 0.15) is 26.3 Å². The van der Waals surface area contributed by atoms with Crippen molar-refractivity contribution in [2.24, 2.45) is 5.92 Å². The fraction of sp³-hybridized carbons (Fsp3) is 0.500. The second-order valence-electron chi connectivity index (χ2n) is 3.80. The van der Waals surface area contributed by atoms with Crippen molar-refractivity contribution in [2.75, 3.05) is 6.61 Å². The molecule has 0 spiro atoms. The predicted octanol–water partition coefficient (Wildman–Crippen LogP) is 4.05. The first-order valence-electron chi connectivity index (χ1n) is 5.04. The standard InChI is InChI=1S/C12H17BrO/c1-4-14-12-6-5-10(7-9(2)3)8-11(12)13/h5-6,8-9H,4,7H2,1-3H3. The molecule has 0 radical (unpaired) electrons. The summed E-state index contributed by atoms with van der Waals surface area (Å²) >= 11 is 3.51. The van der Waals surface area contributed by atoms with Crippen molar-refractivity contribution in [1.29, 1.82) is 0 Å². The van der Waals surface area contributed by atoms with E-state index in [4.69, 9.17) is 4.74 Å². The fourth-order valence-electron chi connectivity index (χ4n) is 1.42. The molecule has 2 heteroatoms. The van der Waals surface area contributed by atoms with Gasteiger partial charge in [0.25, 0.3) is 0 Å². The molecule has 0 fully saturated rings. The molecule has 0 saturated carbocycles. The van der Waals surface area contributed by atoms with E-state index in [1.807, 2.05) is 13.0 Å². The van der Waals surface area contributed by atoms with Gasteiger partial charge in [-0.25, -0.2) is 0 Å². The summed E-state index contributed by atoms with van der Waals surface area (Å²) in [6.07, 6.45) is 1.12. The summed E-state index contributed by atoms with van der Waals surface area (Å²) in [7, 11) is 0. The summed E-state index contributed by atoms with van der Waals surface area (Å²) < 4.78 is 6.50. The highest BCUT2D eigenvalue weighted by molar-refractivity contribution is 9.10. The molecule has 78 valence electrons. The average molecular weight is 257 g/mol. The summed E-state index contributed by atoms with van der Waals surface area (Å²) in [5.41, 5.74) is 1.36. The lowest BCUT2D eigenvalue weighted by Crippen LogP contribution is -1.96. The van der Waals surface area contributed by atoms with Gasteiger partial charge in [-0.1, -0.05) is 19.9 Å². The lowest BCUT2D eigenvalue weighted by atomic mass is 10.0. The van der Waals surface area contributed by atoms with Crippen LogP contribution in [0.5, 0.6) is 5.75 Å². The van der Waals surface area contributed by atoms with E-state index in [2.05, 4.69) is 41.9 Å². The normalized spacial score (nSPS) is 10.6. The molecular formula is C12H17BrO. The van der Waals surface area contributed by atoms with Gasteiger partial charge >= 0.3 is 0 Å². The Balaban J connectivity index is 2.78. The van der Waals surface area contributed by atoms with E-state index in [9.17, 15) is 0 Å². The Morgan fingerprint density at radius 2 is 2.07 bits per heavy atom. The lowest BCUT2D eigenvalue weighted by molar-refractivity contribution is 0.338. The summed E-state index contributed by atoms with van der Waals surface area (Å²) in [5.74, 6) is 1.62. The Labute approximate surface area is 94.6 Å². The molecule has 14 heavy (non-hydrogen) atoms. The zero-order chi connectivity index (χ0) is 10.6. The number of hydrogen-bond donors (Lipinski definition) is 0. The van der Waals surface area contributed by atoms with Crippen molar-refractivity contribution in [3.05, 3.63) is 28.2 Å². The van der Waals surface area contributed by atoms with Crippen LogP contribution in [0.25, 0.3) is 0 Å². The number of hydrogen-bond acceptors (Lipinski definition) is 1. The molecule has 0 aliphatic rings. The van der Waals surface area contributed by atoms with Crippen LogP contribution < -0.4 is 4.74 Å². The predicted molar refractivity (Wildman–Crippen MR) is 63.9 cm³/mol. The number of halogens is 1. The van der Waals surface area contributed by atoms with Gasteiger partial charge < -0.3 is 4.74 Å². The topological polar surface area (TPSA) is 9.23 Å². The Hall–Kier alpha value is -0.500. The van der Waals surface area contributed by atoms with Gasteiger partial charge in [0.2, 0.25) is 0 Å². The van der Waals surface area contributed by atoms with Gasteiger partial charge in [0.15, 0.2) is 0 Å². The molecule has 1 aromatic rings. The van der Waals surface area contributed by atoms with Crippen LogP contribution in [0, 0.1) is 5.92 Å². The minimum atomic E-state index is 0.694. The fourth-order valence-corrected chi connectivity index (χ4v) is 1.96. The molecule has 0 unspecified atom stereocenters. The summed E-state index contributed by atoms with van der Waals surface area (Å²) in [4.78, 5) is 0. The Bertz CT molecular complexity index is 294. The maximum atomic E-state index is 5.45. The third kappa shape index (κ3) is 3.33. The van der Waals surface area contributed by atoms with Crippen molar-refractivity contribution in [1.82, 2.24) is 0 Å². The zero-order valence-corrected chi connectivity index (χ0v) is 10.6. The van der Waals surface area contributed by atoms with Crippen LogP contribution in [0.15, 0.2) is 22.7 Å². The molecule has 0 bridgehead atoms. The largest absolute Gasteiger partial charge is 0.493 e. The molecule has 1 rings (SSSR count). The highest BCUT2D eigenvalue weighted by Crippen LogP contribution is 2.26. The molecule has 1 aromatic carbocycles. The van der Waals surface area contributed by atoms with Crippen LogP contribution >= 0.6 is 15.9 Å². The van der Waals surface area contributed by atoms with Crippen LogP contribution in [0.4, 0.5) is 0 Å². The molecule has 0 aliphatic carbocycles. The van der Waals surface area contributed by atoms with E-state index in [1.54, 1.807) is 0 Å². The van der Waals surface area contributed by atoms with Gasteiger partial charge in [0.05, 0.1) is 11.1 Å². The lowest BCUT2D eigenvalue weighted by Gasteiger charge is -2.09. The quantitative estimate of drug-likeness (QED) is 0.790. The highest BCUT2D eigenvalue weighted by Gasteiger charge is 2.03. The molecule has 0 heterocycles. The zero-order valence-electron chi connectivity index (χ0n) is 9.01.